The predicted octanol–water partition coefficient (Wildman–Crippen LogP) is 2.16. The average Bonchev–Trinajstić information content (AvgIpc) is 2.63. The number of halogens is 1. The van der Waals surface area contributed by atoms with Crippen LogP contribution in [0.25, 0.3) is 11.0 Å². The normalized spacial score (nSPS) is 10.6. The number of hydrogen-bond acceptors (Lipinski definition) is 2. The molecule has 0 radical (unpaired) electrons. The van der Waals surface area contributed by atoms with Crippen LogP contribution in [-0.4, -0.2) is 21.0 Å². The van der Waals surface area contributed by atoms with E-state index in [1.807, 2.05) is 6.07 Å². The average molecular weight is 255 g/mol. The standard InChI is InChI=1S/C9H7BrN2O2/c10-3-5-1-6(9(13)14)8-7(2-5)11-4-12-8/h1-2,4H,3H2,(H,11,12)(H,13,14). The second-order valence-corrected chi connectivity index (χ2v) is 3.44. The van der Waals surface area contributed by atoms with Crippen LogP contribution in [0.4, 0.5) is 0 Å². The third-order valence-corrected chi connectivity index (χ3v) is 2.62. The van der Waals surface area contributed by atoms with Crippen LogP contribution in [0, 0.1) is 0 Å². The minimum absolute atomic E-state index is 0.234. The number of carbonyl (C=O) groups is 1. The van der Waals surface area contributed by atoms with Gasteiger partial charge in [0.2, 0.25) is 0 Å². The number of nitrogens with zero attached hydrogens (tertiary/aromatic N) is 1. The summed E-state index contributed by atoms with van der Waals surface area (Å²) in [5.41, 5.74) is 2.40. The molecule has 2 aromatic rings. The minimum Gasteiger partial charge on any atom is -0.478 e. The Morgan fingerprint density at radius 3 is 3.00 bits per heavy atom. The van der Waals surface area contributed by atoms with Gasteiger partial charge >= 0.3 is 5.97 Å². The highest BCUT2D eigenvalue weighted by molar-refractivity contribution is 9.08. The van der Waals surface area contributed by atoms with Crippen molar-refractivity contribution in [2.45, 2.75) is 5.33 Å². The lowest BCUT2D eigenvalue weighted by Gasteiger charge is -1.99. The lowest BCUT2D eigenvalue weighted by atomic mass is 10.1. The molecule has 0 bridgehead atoms. The van der Waals surface area contributed by atoms with Gasteiger partial charge in [0.25, 0.3) is 0 Å². The fourth-order valence-corrected chi connectivity index (χ4v) is 1.67. The second-order valence-electron chi connectivity index (χ2n) is 2.88. The highest BCUT2D eigenvalue weighted by atomic mass is 79.9. The summed E-state index contributed by atoms with van der Waals surface area (Å²) in [4.78, 5) is 17.8. The van der Waals surface area contributed by atoms with E-state index in [4.69, 9.17) is 5.11 Å². The summed E-state index contributed by atoms with van der Waals surface area (Å²) >= 11 is 3.29. The number of alkyl halides is 1. The van der Waals surface area contributed by atoms with Crippen molar-refractivity contribution in [2.24, 2.45) is 0 Å². The molecule has 0 aliphatic rings. The number of nitrogens with one attached hydrogen (secondary N) is 1. The van der Waals surface area contributed by atoms with Crippen LogP contribution in [0.3, 0.4) is 0 Å². The largest absolute Gasteiger partial charge is 0.478 e. The number of rotatable bonds is 2. The summed E-state index contributed by atoms with van der Waals surface area (Å²) in [5, 5.41) is 9.58. The third-order valence-electron chi connectivity index (χ3n) is 1.97. The molecule has 2 rings (SSSR count). The molecule has 0 unspecified atom stereocenters. The van der Waals surface area contributed by atoms with Crippen LogP contribution < -0.4 is 0 Å². The predicted molar refractivity (Wildman–Crippen MR) is 55.7 cm³/mol. The molecule has 0 aliphatic carbocycles. The number of aromatic amines is 1. The maximum atomic E-state index is 10.9. The number of carboxylic acids is 1. The van der Waals surface area contributed by atoms with E-state index in [2.05, 4.69) is 25.9 Å². The van der Waals surface area contributed by atoms with Gasteiger partial charge in [-0.3, -0.25) is 0 Å². The van der Waals surface area contributed by atoms with Crippen molar-refractivity contribution >= 4 is 32.9 Å². The monoisotopic (exact) mass is 254 g/mol. The van der Waals surface area contributed by atoms with Crippen molar-refractivity contribution in [3.63, 3.8) is 0 Å². The van der Waals surface area contributed by atoms with E-state index in [9.17, 15) is 4.79 Å². The fourth-order valence-electron chi connectivity index (χ4n) is 1.35. The Balaban J connectivity index is 2.76. The molecule has 0 saturated heterocycles. The van der Waals surface area contributed by atoms with Gasteiger partial charge in [0.15, 0.2) is 0 Å². The number of aromatic nitrogens is 2. The molecule has 14 heavy (non-hydrogen) atoms. The summed E-state index contributed by atoms with van der Waals surface area (Å²) in [6, 6.07) is 3.50. The molecule has 1 heterocycles. The molecule has 1 aromatic carbocycles. The molecule has 4 nitrogen and oxygen atoms in total. The Hall–Kier alpha value is -1.36. The second kappa shape index (κ2) is 3.42. The first kappa shape index (κ1) is 9.21. The van der Waals surface area contributed by atoms with Gasteiger partial charge in [-0.25, -0.2) is 9.78 Å². The van der Waals surface area contributed by atoms with Gasteiger partial charge in [0, 0.05) is 5.33 Å². The molecule has 5 heteroatoms. The highest BCUT2D eigenvalue weighted by Crippen LogP contribution is 2.19. The molecule has 0 aliphatic heterocycles. The summed E-state index contributed by atoms with van der Waals surface area (Å²) in [5.74, 6) is -0.954. The van der Waals surface area contributed by atoms with Crippen LogP contribution in [0.2, 0.25) is 0 Å². The molecule has 0 fully saturated rings. The molecule has 0 spiro atoms. The zero-order chi connectivity index (χ0) is 10.1. The van der Waals surface area contributed by atoms with Gasteiger partial charge in [-0.15, -0.1) is 0 Å². The fraction of sp³-hybridized carbons (Fsp3) is 0.111. The third kappa shape index (κ3) is 1.39. The van der Waals surface area contributed by atoms with E-state index in [0.717, 1.165) is 11.1 Å². The van der Waals surface area contributed by atoms with Crippen molar-refractivity contribution in [1.82, 2.24) is 9.97 Å². The minimum atomic E-state index is -0.954. The first-order valence-corrected chi connectivity index (χ1v) is 5.10. The smallest absolute Gasteiger partial charge is 0.337 e. The van der Waals surface area contributed by atoms with Crippen LogP contribution >= 0.6 is 15.9 Å². The molecular weight excluding hydrogens is 248 g/mol. The number of imidazole rings is 1. The maximum absolute atomic E-state index is 10.9. The summed E-state index contributed by atoms with van der Waals surface area (Å²) in [7, 11) is 0. The van der Waals surface area contributed by atoms with Crippen molar-refractivity contribution < 1.29 is 9.90 Å². The van der Waals surface area contributed by atoms with Gasteiger partial charge in [0.1, 0.15) is 5.52 Å². The van der Waals surface area contributed by atoms with Crippen LogP contribution in [0.5, 0.6) is 0 Å². The van der Waals surface area contributed by atoms with E-state index < -0.39 is 5.97 Å². The number of fused-ring (bicyclic) bond motifs is 1. The molecule has 2 N–H and O–H groups in total. The van der Waals surface area contributed by atoms with E-state index in [1.54, 1.807) is 6.07 Å². The van der Waals surface area contributed by atoms with Crippen molar-refractivity contribution in [3.8, 4) is 0 Å². The van der Waals surface area contributed by atoms with Crippen LogP contribution in [0.15, 0.2) is 18.5 Å². The van der Waals surface area contributed by atoms with E-state index in [0.29, 0.717) is 10.8 Å². The SMILES string of the molecule is O=C(O)c1cc(CBr)cc2[nH]cnc12. The van der Waals surface area contributed by atoms with E-state index in [-0.39, 0.29) is 5.56 Å². The number of benzene rings is 1. The summed E-state index contributed by atoms with van der Waals surface area (Å²) < 4.78 is 0. The van der Waals surface area contributed by atoms with E-state index in [1.165, 1.54) is 6.33 Å². The Morgan fingerprint density at radius 1 is 1.57 bits per heavy atom. The van der Waals surface area contributed by atoms with Crippen molar-refractivity contribution in [2.75, 3.05) is 0 Å². The Bertz CT molecular complexity index is 493. The number of hydrogen-bond donors (Lipinski definition) is 2. The summed E-state index contributed by atoms with van der Waals surface area (Å²) in [6.45, 7) is 0. The molecular formula is C9H7BrN2O2. The van der Waals surface area contributed by atoms with Gasteiger partial charge in [-0.05, 0) is 17.7 Å². The van der Waals surface area contributed by atoms with Crippen LogP contribution in [0.1, 0.15) is 15.9 Å². The zero-order valence-electron chi connectivity index (χ0n) is 7.12. The Morgan fingerprint density at radius 2 is 2.36 bits per heavy atom. The lowest BCUT2D eigenvalue weighted by Crippen LogP contribution is -1.98. The Labute approximate surface area is 88.1 Å². The molecule has 0 amide bonds. The maximum Gasteiger partial charge on any atom is 0.337 e. The molecule has 0 saturated carbocycles. The lowest BCUT2D eigenvalue weighted by molar-refractivity contribution is 0.0698. The van der Waals surface area contributed by atoms with Gasteiger partial charge in [0.05, 0.1) is 17.4 Å². The first-order chi connectivity index (χ1) is 6.72. The van der Waals surface area contributed by atoms with E-state index >= 15 is 0 Å². The highest BCUT2D eigenvalue weighted by Gasteiger charge is 2.11. The topological polar surface area (TPSA) is 66.0 Å². The zero-order valence-corrected chi connectivity index (χ0v) is 8.71. The van der Waals surface area contributed by atoms with Crippen molar-refractivity contribution in [3.05, 3.63) is 29.6 Å². The van der Waals surface area contributed by atoms with Crippen LogP contribution in [-0.2, 0) is 5.33 Å². The Kier molecular flexibility index (Phi) is 2.25. The first-order valence-electron chi connectivity index (χ1n) is 3.97. The van der Waals surface area contributed by atoms with Crippen molar-refractivity contribution in [1.29, 1.82) is 0 Å². The molecule has 1 aromatic heterocycles. The van der Waals surface area contributed by atoms with Gasteiger partial charge in [-0.2, -0.15) is 0 Å². The van der Waals surface area contributed by atoms with Gasteiger partial charge < -0.3 is 10.1 Å². The number of aromatic carboxylic acids is 1. The van der Waals surface area contributed by atoms with Gasteiger partial charge in [-0.1, -0.05) is 15.9 Å². The molecule has 72 valence electrons. The number of carboxylic acid groups (broad SMARTS) is 1. The quantitative estimate of drug-likeness (QED) is 0.808. The summed E-state index contributed by atoms with van der Waals surface area (Å²) in [6.07, 6.45) is 1.50. The number of H-pyrrole nitrogens is 1. The molecule has 0 atom stereocenters.